The van der Waals surface area contributed by atoms with Crippen LogP contribution in [0.4, 0.5) is 13.2 Å². The molecule has 1 fully saturated rings. The molecular formula is C16H19F3N2O5S. The summed E-state index contributed by atoms with van der Waals surface area (Å²) in [6, 6.07) is 4.27. The van der Waals surface area contributed by atoms with Crippen molar-refractivity contribution in [1.29, 1.82) is 0 Å². The quantitative estimate of drug-likeness (QED) is 0.443. The molecule has 0 atom stereocenters. The Morgan fingerprint density at radius 1 is 1.26 bits per heavy atom. The summed E-state index contributed by atoms with van der Waals surface area (Å²) in [5.41, 5.74) is 0.519. The second-order valence-electron chi connectivity index (χ2n) is 5.84. The number of carbonyl (C=O) groups excluding carboxylic acids is 1. The minimum Gasteiger partial charge on any atom is -0.490 e. The molecule has 1 aliphatic heterocycles. The summed E-state index contributed by atoms with van der Waals surface area (Å²) in [5, 5.41) is 8.66. The maximum absolute atomic E-state index is 12.6. The molecule has 11 heteroatoms. The fourth-order valence-electron chi connectivity index (χ4n) is 2.70. The van der Waals surface area contributed by atoms with Gasteiger partial charge in [-0.15, -0.1) is 0 Å². The number of rotatable bonds is 5. The monoisotopic (exact) mass is 408 g/mol. The van der Waals surface area contributed by atoms with Gasteiger partial charge in [0, 0.05) is 13.1 Å². The molecule has 1 saturated heterocycles. The molecule has 1 heterocycles. The summed E-state index contributed by atoms with van der Waals surface area (Å²) in [5.74, 6) is -0.862. The lowest BCUT2D eigenvalue weighted by Gasteiger charge is -2.31. The normalized spacial score (nSPS) is 17.6. The van der Waals surface area contributed by atoms with E-state index in [1.54, 1.807) is 0 Å². The molecule has 0 radical (unpaired) electrons. The second-order valence-corrected chi connectivity index (χ2v) is 7.74. The van der Waals surface area contributed by atoms with E-state index in [1.807, 2.05) is 0 Å². The number of amides is 1. The molecule has 2 rings (SSSR count). The molecule has 0 saturated carbocycles. The van der Waals surface area contributed by atoms with Crippen LogP contribution >= 0.6 is 0 Å². The minimum absolute atomic E-state index is 0.0731. The number of hydroxylamine groups is 1. The summed E-state index contributed by atoms with van der Waals surface area (Å²) in [4.78, 5) is 10.9. The zero-order valence-electron chi connectivity index (χ0n) is 14.4. The van der Waals surface area contributed by atoms with Crippen molar-refractivity contribution in [1.82, 2.24) is 9.79 Å². The summed E-state index contributed by atoms with van der Waals surface area (Å²) in [6.07, 6.45) is -3.10. The van der Waals surface area contributed by atoms with Crippen molar-refractivity contribution in [3.05, 3.63) is 40.8 Å². The smallest absolute Gasteiger partial charge is 0.416 e. The Morgan fingerprint density at radius 2 is 1.81 bits per heavy atom. The number of benzene rings is 1. The highest BCUT2D eigenvalue weighted by Gasteiger charge is 2.34. The molecule has 1 aromatic carbocycles. The van der Waals surface area contributed by atoms with E-state index in [9.17, 15) is 26.4 Å². The van der Waals surface area contributed by atoms with Gasteiger partial charge in [-0.1, -0.05) is 6.08 Å². The first-order valence-corrected chi connectivity index (χ1v) is 9.48. The van der Waals surface area contributed by atoms with E-state index in [0.717, 1.165) is 22.5 Å². The number of sulfonamides is 1. The van der Waals surface area contributed by atoms with Gasteiger partial charge in [-0.2, -0.15) is 17.5 Å². The lowest BCUT2D eigenvalue weighted by Crippen LogP contribution is -2.44. The van der Waals surface area contributed by atoms with E-state index >= 15 is 0 Å². The van der Waals surface area contributed by atoms with Gasteiger partial charge in [-0.3, -0.25) is 10.0 Å². The van der Waals surface area contributed by atoms with Crippen LogP contribution in [0, 0.1) is 0 Å². The number of hydrogen-bond donors (Lipinski definition) is 2. The number of allylic oxidation sites excluding steroid dienone is 1. The Bertz CT molecular complexity index is 798. The van der Waals surface area contributed by atoms with Crippen molar-refractivity contribution in [3.63, 3.8) is 0 Å². The highest BCUT2D eigenvalue weighted by atomic mass is 32.2. The second kappa shape index (κ2) is 8.28. The molecule has 0 spiro atoms. The van der Waals surface area contributed by atoms with Crippen LogP contribution < -0.4 is 10.2 Å². The Kier molecular flexibility index (Phi) is 6.50. The number of carbonyl (C=O) groups is 1. The Hall–Kier alpha value is -2.11. The Labute approximate surface area is 154 Å². The van der Waals surface area contributed by atoms with Crippen LogP contribution in [-0.4, -0.2) is 43.0 Å². The van der Waals surface area contributed by atoms with Gasteiger partial charge in [-0.25, -0.2) is 13.9 Å². The van der Waals surface area contributed by atoms with Crippen LogP contribution in [0.2, 0.25) is 0 Å². The third-order valence-electron chi connectivity index (χ3n) is 4.09. The van der Waals surface area contributed by atoms with Crippen LogP contribution in [-0.2, 0) is 21.0 Å². The van der Waals surface area contributed by atoms with Gasteiger partial charge in [0.1, 0.15) is 16.8 Å². The van der Waals surface area contributed by atoms with Crippen molar-refractivity contribution in [2.75, 3.05) is 13.1 Å². The Morgan fingerprint density at radius 3 is 2.26 bits per heavy atom. The zero-order chi connectivity index (χ0) is 20.2. The number of ether oxygens (including phenoxy) is 1. The maximum atomic E-state index is 12.6. The van der Waals surface area contributed by atoms with Gasteiger partial charge >= 0.3 is 6.18 Å². The van der Waals surface area contributed by atoms with Crippen molar-refractivity contribution in [2.24, 2.45) is 0 Å². The molecule has 0 unspecified atom stereocenters. The standard InChI is InChI=1S/C16H19F3N2O5S/c1-2-14(15(22)20-23)27(24,25)21-9-7-13(8-10-21)26-12-5-3-11(4-6-12)16(17,18)19/h2-6,13,23H,7-10H2,1H3,(H,20,22). The van der Waals surface area contributed by atoms with E-state index in [0.29, 0.717) is 12.8 Å². The molecule has 1 aliphatic rings. The molecule has 27 heavy (non-hydrogen) atoms. The van der Waals surface area contributed by atoms with Gasteiger partial charge in [0.2, 0.25) is 10.0 Å². The number of piperidine rings is 1. The molecule has 150 valence electrons. The average molecular weight is 408 g/mol. The SMILES string of the molecule is CC=C(C(=O)NO)S(=O)(=O)N1CCC(Oc2ccc(C(F)(F)F)cc2)CC1. The van der Waals surface area contributed by atoms with Gasteiger partial charge in [-0.05, 0) is 44.0 Å². The van der Waals surface area contributed by atoms with E-state index < -0.39 is 32.6 Å². The molecule has 0 aromatic heterocycles. The molecular weight excluding hydrogens is 389 g/mol. The molecule has 7 nitrogen and oxygen atoms in total. The number of nitrogens with zero attached hydrogens (tertiary/aromatic N) is 1. The van der Waals surface area contributed by atoms with Crippen LogP contribution in [0.25, 0.3) is 0 Å². The van der Waals surface area contributed by atoms with Crippen molar-refractivity contribution in [3.8, 4) is 5.75 Å². The van der Waals surface area contributed by atoms with Crippen LogP contribution in [0.15, 0.2) is 35.2 Å². The number of nitrogens with one attached hydrogen (secondary N) is 1. The molecule has 2 N–H and O–H groups in total. The lowest BCUT2D eigenvalue weighted by atomic mass is 10.1. The van der Waals surface area contributed by atoms with Gasteiger partial charge in [0.05, 0.1) is 5.56 Å². The summed E-state index contributed by atoms with van der Waals surface area (Å²) < 4.78 is 69.3. The first-order chi connectivity index (χ1) is 12.6. The number of halogens is 3. The molecule has 0 bridgehead atoms. The molecule has 1 aromatic rings. The fraction of sp³-hybridized carbons (Fsp3) is 0.438. The van der Waals surface area contributed by atoms with Crippen molar-refractivity contribution < 1.29 is 36.3 Å². The first kappa shape index (κ1) is 21.2. The fourth-order valence-corrected chi connectivity index (χ4v) is 4.24. The van der Waals surface area contributed by atoms with Crippen LogP contribution in [0.5, 0.6) is 5.75 Å². The third kappa shape index (κ3) is 4.99. The lowest BCUT2D eigenvalue weighted by molar-refractivity contribution is -0.137. The molecule has 1 amide bonds. The molecule has 0 aliphatic carbocycles. The largest absolute Gasteiger partial charge is 0.490 e. The minimum atomic E-state index is -4.43. The summed E-state index contributed by atoms with van der Waals surface area (Å²) in [7, 11) is -4.06. The van der Waals surface area contributed by atoms with Crippen LogP contribution in [0.1, 0.15) is 25.3 Å². The highest BCUT2D eigenvalue weighted by Crippen LogP contribution is 2.31. The van der Waals surface area contributed by atoms with E-state index in [2.05, 4.69) is 0 Å². The highest BCUT2D eigenvalue weighted by molar-refractivity contribution is 7.94. The number of alkyl halides is 3. The predicted octanol–water partition coefficient (Wildman–Crippen LogP) is 2.29. The summed E-state index contributed by atoms with van der Waals surface area (Å²) >= 11 is 0. The first-order valence-electron chi connectivity index (χ1n) is 8.04. The van der Waals surface area contributed by atoms with Crippen molar-refractivity contribution in [2.45, 2.75) is 32.0 Å². The van der Waals surface area contributed by atoms with Gasteiger partial charge in [0.15, 0.2) is 0 Å². The third-order valence-corrected chi connectivity index (χ3v) is 6.11. The Balaban J connectivity index is 1.98. The maximum Gasteiger partial charge on any atom is 0.416 e. The topological polar surface area (TPSA) is 95.9 Å². The van der Waals surface area contributed by atoms with E-state index in [-0.39, 0.29) is 24.9 Å². The zero-order valence-corrected chi connectivity index (χ0v) is 15.2. The van der Waals surface area contributed by atoms with Gasteiger partial charge < -0.3 is 4.74 Å². The predicted molar refractivity (Wildman–Crippen MR) is 89.3 cm³/mol. The van der Waals surface area contributed by atoms with Crippen molar-refractivity contribution >= 4 is 15.9 Å². The van der Waals surface area contributed by atoms with Crippen LogP contribution in [0.3, 0.4) is 0 Å². The van der Waals surface area contributed by atoms with E-state index in [4.69, 9.17) is 9.94 Å². The average Bonchev–Trinajstić information content (AvgIpc) is 2.62. The number of hydrogen-bond acceptors (Lipinski definition) is 5. The van der Waals surface area contributed by atoms with E-state index in [1.165, 1.54) is 24.5 Å². The van der Waals surface area contributed by atoms with Gasteiger partial charge in [0.25, 0.3) is 5.91 Å². The summed E-state index contributed by atoms with van der Waals surface area (Å²) in [6.45, 7) is 1.51.